The number of nitrogen functional groups attached to an aromatic ring is 1. The molecule has 1 aromatic heterocycles. The van der Waals surface area contributed by atoms with E-state index in [4.69, 9.17) is 10.5 Å². The summed E-state index contributed by atoms with van der Waals surface area (Å²) in [6.07, 6.45) is 1.52. The highest BCUT2D eigenvalue weighted by Crippen LogP contribution is 2.24. The van der Waals surface area contributed by atoms with Crippen molar-refractivity contribution in [1.29, 1.82) is 0 Å². The van der Waals surface area contributed by atoms with Gasteiger partial charge >= 0.3 is 0 Å². The van der Waals surface area contributed by atoms with Crippen LogP contribution in [0.3, 0.4) is 0 Å². The maximum absolute atomic E-state index is 12.5. The molecule has 2 rings (SSSR count). The molecular weight excluding hydrogens is 230 g/mol. The quantitative estimate of drug-likeness (QED) is 0.658. The number of rotatable bonds is 3. The molecule has 0 radical (unpaired) electrons. The van der Waals surface area contributed by atoms with Gasteiger partial charge in [-0.1, -0.05) is 12.1 Å². The van der Waals surface area contributed by atoms with Crippen LogP contribution in [0.2, 0.25) is 0 Å². The van der Waals surface area contributed by atoms with E-state index in [0.29, 0.717) is 22.7 Å². The maximum Gasteiger partial charge on any atom is 0.215 e. The largest absolute Gasteiger partial charge is 0.493 e. The summed E-state index contributed by atoms with van der Waals surface area (Å²) >= 11 is 0. The average molecular weight is 245 g/mol. The molecule has 1 heterocycles. The fourth-order valence-corrected chi connectivity index (χ4v) is 1.85. The van der Waals surface area contributed by atoms with Gasteiger partial charge in [-0.15, -0.1) is 0 Å². The maximum atomic E-state index is 12.5. The normalized spacial score (nSPS) is 10.4. The molecule has 5 nitrogen and oxygen atoms in total. The number of benzene rings is 1. The van der Waals surface area contributed by atoms with Crippen LogP contribution < -0.4 is 10.5 Å². The van der Waals surface area contributed by atoms with Crippen molar-refractivity contribution in [3.05, 3.63) is 41.2 Å². The predicted molar refractivity (Wildman–Crippen MR) is 68.8 cm³/mol. The van der Waals surface area contributed by atoms with Gasteiger partial charge in [-0.3, -0.25) is 9.48 Å². The predicted octanol–water partition coefficient (Wildman–Crippen LogP) is 1.55. The molecule has 0 amide bonds. The molecule has 0 aliphatic heterocycles. The number of anilines is 1. The first kappa shape index (κ1) is 12.2. The van der Waals surface area contributed by atoms with E-state index in [1.54, 1.807) is 25.2 Å². The summed E-state index contributed by atoms with van der Waals surface area (Å²) in [5.41, 5.74) is 8.17. The SMILES string of the molecule is COc1cnn(C)c1C(=O)c1cccc(N)c1C. The Hall–Kier alpha value is -2.30. The number of carbonyl (C=O) groups excluding carboxylic acids is 1. The molecule has 0 aliphatic rings. The highest BCUT2D eigenvalue weighted by Gasteiger charge is 2.21. The van der Waals surface area contributed by atoms with Crippen molar-refractivity contribution in [2.75, 3.05) is 12.8 Å². The third kappa shape index (κ3) is 1.84. The average Bonchev–Trinajstić information content (AvgIpc) is 2.73. The molecular formula is C13H15N3O2. The molecule has 2 aromatic rings. The standard InChI is InChI=1S/C13H15N3O2/c1-8-9(5-4-6-10(8)14)13(17)12-11(18-3)7-15-16(12)2/h4-7H,14H2,1-3H3. The van der Waals surface area contributed by atoms with Crippen LogP contribution in [0.4, 0.5) is 5.69 Å². The van der Waals surface area contributed by atoms with E-state index in [9.17, 15) is 4.79 Å². The zero-order valence-corrected chi connectivity index (χ0v) is 10.6. The molecule has 0 fully saturated rings. The molecule has 0 saturated carbocycles. The Morgan fingerprint density at radius 1 is 1.44 bits per heavy atom. The van der Waals surface area contributed by atoms with Crippen molar-refractivity contribution in [3.63, 3.8) is 0 Å². The van der Waals surface area contributed by atoms with E-state index in [-0.39, 0.29) is 5.78 Å². The van der Waals surface area contributed by atoms with Crippen LogP contribution in [0.5, 0.6) is 5.75 Å². The third-order valence-electron chi connectivity index (χ3n) is 2.96. The van der Waals surface area contributed by atoms with Crippen LogP contribution in [0.15, 0.2) is 24.4 Å². The number of hydrogen-bond donors (Lipinski definition) is 1. The lowest BCUT2D eigenvalue weighted by atomic mass is 10.0. The number of methoxy groups -OCH3 is 1. The lowest BCUT2D eigenvalue weighted by molar-refractivity contribution is 0.102. The molecule has 5 heteroatoms. The molecule has 0 spiro atoms. The minimum atomic E-state index is -0.142. The summed E-state index contributed by atoms with van der Waals surface area (Å²) in [4.78, 5) is 12.5. The molecule has 2 N–H and O–H groups in total. The van der Waals surface area contributed by atoms with Gasteiger partial charge < -0.3 is 10.5 Å². The van der Waals surface area contributed by atoms with Gasteiger partial charge in [-0.2, -0.15) is 5.10 Å². The van der Waals surface area contributed by atoms with Gasteiger partial charge in [-0.05, 0) is 18.6 Å². The van der Waals surface area contributed by atoms with E-state index < -0.39 is 0 Å². The van der Waals surface area contributed by atoms with E-state index in [2.05, 4.69) is 5.10 Å². The zero-order chi connectivity index (χ0) is 13.3. The third-order valence-corrected chi connectivity index (χ3v) is 2.96. The van der Waals surface area contributed by atoms with Crippen molar-refractivity contribution in [3.8, 4) is 5.75 Å². The fraction of sp³-hybridized carbons (Fsp3) is 0.231. The summed E-state index contributed by atoms with van der Waals surface area (Å²) in [6, 6.07) is 5.28. The van der Waals surface area contributed by atoms with Crippen LogP contribution in [0.25, 0.3) is 0 Å². The first-order valence-corrected chi connectivity index (χ1v) is 5.52. The number of nitrogens with two attached hydrogens (primary N) is 1. The topological polar surface area (TPSA) is 70.1 Å². The second-order valence-corrected chi connectivity index (χ2v) is 4.03. The molecule has 1 aromatic carbocycles. The van der Waals surface area contributed by atoms with Crippen LogP contribution in [0, 0.1) is 6.92 Å². The van der Waals surface area contributed by atoms with Gasteiger partial charge in [0.2, 0.25) is 5.78 Å². The number of aryl methyl sites for hydroxylation is 1. The van der Waals surface area contributed by atoms with Gasteiger partial charge in [0.1, 0.15) is 0 Å². The monoisotopic (exact) mass is 245 g/mol. The van der Waals surface area contributed by atoms with Gasteiger partial charge in [0, 0.05) is 18.3 Å². The van der Waals surface area contributed by atoms with E-state index in [1.165, 1.54) is 18.0 Å². The Labute approximate surface area is 105 Å². The Kier molecular flexibility index (Phi) is 3.06. The Balaban J connectivity index is 2.55. The lowest BCUT2D eigenvalue weighted by Gasteiger charge is -2.08. The smallest absolute Gasteiger partial charge is 0.215 e. The molecule has 0 atom stereocenters. The highest BCUT2D eigenvalue weighted by atomic mass is 16.5. The van der Waals surface area contributed by atoms with E-state index in [0.717, 1.165) is 5.56 Å². The second-order valence-electron chi connectivity index (χ2n) is 4.03. The molecule has 18 heavy (non-hydrogen) atoms. The molecule has 0 saturated heterocycles. The first-order valence-electron chi connectivity index (χ1n) is 5.52. The zero-order valence-electron chi connectivity index (χ0n) is 10.6. The Morgan fingerprint density at radius 2 is 2.17 bits per heavy atom. The van der Waals surface area contributed by atoms with Crippen molar-refractivity contribution >= 4 is 11.5 Å². The van der Waals surface area contributed by atoms with Crippen LogP contribution in [0.1, 0.15) is 21.6 Å². The van der Waals surface area contributed by atoms with Crippen molar-refractivity contribution in [2.45, 2.75) is 6.92 Å². The first-order chi connectivity index (χ1) is 8.56. The Morgan fingerprint density at radius 3 is 2.83 bits per heavy atom. The van der Waals surface area contributed by atoms with Crippen molar-refractivity contribution in [2.24, 2.45) is 7.05 Å². The number of carbonyl (C=O) groups is 1. The second kappa shape index (κ2) is 4.52. The Bertz CT molecular complexity index is 602. The number of hydrogen-bond acceptors (Lipinski definition) is 4. The lowest BCUT2D eigenvalue weighted by Crippen LogP contribution is -2.11. The van der Waals surface area contributed by atoms with Gasteiger partial charge in [-0.25, -0.2) is 0 Å². The number of ether oxygens (including phenoxy) is 1. The van der Waals surface area contributed by atoms with Crippen LogP contribution in [-0.2, 0) is 7.05 Å². The number of nitrogens with zero attached hydrogens (tertiary/aromatic N) is 2. The fourth-order valence-electron chi connectivity index (χ4n) is 1.85. The molecule has 94 valence electrons. The summed E-state index contributed by atoms with van der Waals surface area (Å²) in [5.74, 6) is 0.320. The number of ketones is 1. The molecule has 0 bridgehead atoms. The summed E-state index contributed by atoms with van der Waals surface area (Å²) in [5, 5.41) is 4.03. The minimum absolute atomic E-state index is 0.142. The van der Waals surface area contributed by atoms with Gasteiger partial charge in [0.25, 0.3) is 0 Å². The minimum Gasteiger partial charge on any atom is -0.493 e. The van der Waals surface area contributed by atoms with Crippen LogP contribution in [-0.4, -0.2) is 22.7 Å². The van der Waals surface area contributed by atoms with E-state index >= 15 is 0 Å². The molecule has 0 aliphatic carbocycles. The summed E-state index contributed by atoms with van der Waals surface area (Å²) in [7, 11) is 3.22. The van der Waals surface area contributed by atoms with Gasteiger partial charge in [0.05, 0.1) is 13.3 Å². The molecule has 0 unspecified atom stereocenters. The van der Waals surface area contributed by atoms with Crippen molar-refractivity contribution in [1.82, 2.24) is 9.78 Å². The van der Waals surface area contributed by atoms with E-state index in [1.807, 2.05) is 6.92 Å². The van der Waals surface area contributed by atoms with Crippen LogP contribution >= 0.6 is 0 Å². The van der Waals surface area contributed by atoms with Gasteiger partial charge in [0.15, 0.2) is 11.4 Å². The number of aromatic nitrogens is 2. The highest BCUT2D eigenvalue weighted by molar-refractivity contribution is 6.11. The summed E-state index contributed by atoms with van der Waals surface area (Å²) in [6.45, 7) is 1.82. The van der Waals surface area contributed by atoms with Crippen molar-refractivity contribution < 1.29 is 9.53 Å². The summed E-state index contributed by atoms with van der Waals surface area (Å²) < 4.78 is 6.65.